The van der Waals surface area contributed by atoms with Crippen molar-refractivity contribution < 1.29 is 14.6 Å². The van der Waals surface area contributed by atoms with E-state index in [9.17, 15) is 9.90 Å². The predicted octanol–water partition coefficient (Wildman–Crippen LogP) is 3.92. The third-order valence-corrected chi connectivity index (χ3v) is 5.56. The molecular weight excluding hydrogens is 302 g/mol. The van der Waals surface area contributed by atoms with E-state index in [0.29, 0.717) is 23.8 Å². The van der Waals surface area contributed by atoms with Crippen molar-refractivity contribution in [2.45, 2.75) is 79.6 Å². The molecule has 1 heterocycles. The van der Waals surface area contributed by atoms with Crippen molar-refractivity contribution in [3.63, 3.8) is 0 Å². The van der Waals surface area contributed by atoms with Gasteiger partial charge in [0.2, 0.25) is 6.29 Å². The standard InChI is InChI=1S/C20H39NO3/c1-13-8-14(2)10-16(4)19(22)24-20(23)17(5)11-18(6)21(7)12-15(3)9-13/h13-18,20,23H,8-12H2,1-7H3. The largest absolute Gasteiger partial charge is 0.435 e. The maximum Gasteiger partial charge on any atom is 0.310 e. The summed E-state index contributed by atoms with van der Waals surface area (Å²) >= 11 is 0. The lowest BCUT2D eigenvalue weighted by molar-refractivity contribution is -0.182. The van der Waals surface area contributed by atoms with Crippen molar-refractivity contribution in [2.24, 2.45) is 29.6 Å². The van der Waals surface area contributed by atoms with Crippen LogP contribution in [0.1, 0.15) is 67.2 Å². The first-order valence-corrected chi connectivity index (χ1v) is 9.68. The van der Waals surface area contributed by atoms with Crippen molar-refractivity contribution in [3.05, 3.63) is 0 Å². The fourth-order valence-electron chi connectivity index (χ4n) is 4.20. The second-order valence-electron chi connectivity index (χ2n) is 8.75. The van der Waals surface area contributed by atoms with Crippen molar-refractivity contribution in [1.82, 2.24) is 4.90 Å². The predicted molar refractivity (Wildman–Crippen MR) is 98.5 cm³/mol. The molecule has 0 aromatic rings. The molecule has 0 radical (unpaired) electrons. The highest BCUT2D eigenvalue weighted by Gasteiger charge is 2.27. The van der Waals surface area contributed by atoms with E-state index >= 15 is 0 Å². The quantitative estimate of drug-likeness (QED) is 0.678. The Balaban J connectivity index is 2.84. The molecule has 1 aliphatic rings. The Bertz CT molecular complexity index is 387. The highest BCUT2D eigenvalue weighted by atomic mass is 16.6. The van der Waals surface area contributed by atoms with E-state index in [1.807, 2.05) is 13.8 Å². The lowest BCUT2D eigenvalue weighted by Gasteiger charge is -2.31. The summed E-state index contributed by atoms with van der Waals surface area (Å²) in [5.41, 5.74) is 0. The van der Waals surface area contributed by atoms with Gasteiger partial charge in [-0.15, -0.1) is 0 Å². The third kappa shape index (κ3) is 7.10. The van der Waals surface area contributed by atoms with E-state index in [-0.39, 0.29) is 17.8 Å². The molecule has 7 atom stereocenters. The van der Waals surface area contributed by atoms with Crippen LogP contribution in [0.4, 0.5) is 0 Å². The number of cyclic esters (lactones) is 1. The Morgan fingerprint density at radius 1 is 0.917 bits per heavy atom. The van der Waals surface area contributed by atoms with E-state index in [0.717, 1.165) is 25.8 Å². The molecule has 1 rings (SSSR count). The Morgan fingerprint density at radius 2 is 1.46 bits per heavy atom. The fraction of sp³-hybridized carbons (Fsp3) is 0.950. The van der Waals surface area contributed by atoms with Gasteiger partial charge < -0.3 is 14.7 Å². The van der Waals surface area contributed by atoms with Crippen LogP contribution in [-0.4, -0.2) is 41.9 Å². The summed E-state index contributed by atoms with van der Waals surface area (Å²) in [7, 11) is 2.15. The molecule has 7 unspecified atom stereocenters. The van der Waals surface area contributed by atoms with Crippen LogP contribution in [-0.2, 0) is 9.53 Å². The second kappa shape index (κ2) is 9.76. The Kier molecular flexibility index (Phi) is 8.72. The number of hydrogen-bond donors (Lipinski definition) is 1. The van der Waals surface area contributed by atoms with Gasteiger partial charge in [-0.3, -0.25) is 4.79 Å². The molecular formula is C20H39NO3. The Morgan fingerprint density at radius 3 is 2.08 bits per heavy atom. The molecule has 0 spiro atoms. The van der Waals surface area contributed by atoms with Gasteiger partial charge in [-0.05, 0) is 57.4 Å². The first-order chi connectivity index (χ1) is 11.1. The lowest BCUT2D eigenvalue weighted by atomic mass is 9.85. The van der Waals surface area contributed by atoms with Crippen molar-refractivity contribution in [2.75, 3.05) is 13.6 Å². The van der Waals surface area contributed by atoms with Gasteiger partial charge in [0, 0.05) is 18.5 Å². The SMILES string of the molecule is CC1CC(C)CC(C)C(=O)OC(O)C(C)CC(C)N(C)CC(C)C1. The summed E-state index contributed by atoms with van der Waals surface area (Å²) in [6, 6.07) is 0.354. The van der Waals surface area contributed by atoms with Gasteiger partial charge in [0.1, 0.15) is 0 Å². The number of ether oxygens (including phenoxy) is 1. The number of carbonyl (C=O) groups is 1. The van der Waals surface area contributed by atoms with Gasteiger partial charge in [-0.25, -0.2) is 0 Å². The van der Waals surface area contributed by atoms with Crippen LogP contribution < -0.4 is 0 Å². The number of esters is 1. The molecule has 0 aromatic carbocycles. The smallest absolute Gasteiger partial charge is 0.310 e. The van der Waals surface area contributed by atoms with Gasteiger partial charge in [-0.2, -0.15) is 0 Å². The number of carbonyl (C=O) groups excluding carboxylic acids is 1. The van der Waals surface area contributed by atoms with Crippen molar-refractivity contribution >= 4 is 5.97 Å². The maximum atomic E-state index is 12.2. The van der Waals surface area contributed by atoms with E-state index in [4.69, 9.17) is 4.74 Å². The van der Waals surface area contributed by atoms with Crippen LogP contribution in [0.25, 0.3) is 0 Å². The highest BCUT2D eigenvalue weighted by molar-refractivity contribution is 5.72. The minimum atomic E-state index is -1.01. The van der Waals surface area contributed by atoms with Gasteiger partial charge in [0.05, 0.1) is 5.92 Å². The second-order valence-corrected chi connectivity index (χ2v) is 8.75. The monoisotopic (exact) mass is 341 g/mol. The van der Waals surface area contributed by atoms with Crippen LogP contribution in [0, 0.1) is 29.6 Å². The van der Waals surface area contributed by atoms with Gasteiger partial charge >= 0.3 is 5.97 Å². The first-order valence-electron chi connectivity index (χ1n) is 9.68. The molecule has 1 N–H and O–H groups in total. The molecule has 4 heteroatoms. The highest BCUT2D eigenvalue weighted by Crippen LogP contribution is 2.27. The number of rotatable bonds is 0. The Hall–Kier alpha value is -0.610. The summed E-state index contributed by atoms with van der Waals surface area (Å²) in [4.78, 5) is 14.6. The van der Waals surface area contributed by atoms with E-state index in [1.165, 1.54) is 6.42 Å². The van der Waals surface area contributed by atoms with Crippen LogP contribution in [0.15, 0.2) is 0 Å². The topological polar surface area (TPSA) is 49.8 Å². The van der Waals surface area contributed by atoms with Gasteiger partial charge in [-0.1, -0.05) is 34.6 Å². The van der Waals surface area contributed by atoms with Crippen molar-refractivity contribution in [3.8, 4) is 0 Å². The van der Waals surface area contributed by atoms with Crippen LogP contribution in [0.2, 0.25) is 0 Å². The zero-order valence-electron chi connectivity index (χ0n) is 16.8. The third-order valence-electron chi connectivity index (χ3n) is 5.56. The summed E-state index contributed by atoms with van der Waals surface area (Å²) in [6.07, 6.45) is 3.00. The van der Waals surface area contributed by atoms with Crippen molar-refractivity contribution in [1.29, 1.82) is 0 Å². The van der Waals surface area contributed by atoms with Crippen LogP contribution >= 0.6 is 0 Å². The molecule has 1 saturated heterocycles. The lowest BCUT2D eigenvalue weighted by Crippen LogP contribution is -2.37. The number of aliphatic hydroxyl groups excluding tert-OH is 1. The summed E-state index contributed by atoms with van der Waals surface area (Å²) in [5, 5.41) is 10.2. The molecule has 0 aromatic heterocycles. The molecule has 24 heavy (non-hydrogen) atoms. The molecule has 0 aliphatic carbocycles. The molecule has 1 fully saturated rings. The zero-order valence-corrected chi connectivity index (χ0v) is 16.8. The normalized spacial score (nSPS) is 42.0. The van der Waals surface area contributed by atoms with Crippen LogP contribution in [0.3, 0.4) is 0 Å². The van der Waals surface area contributed by atoms with Gasteiger partial charge in [0.25, 0.3) is 0 Å². The number of aliphatic hydroxyl groups is 1. The van der Waals surface area contributed by atoms with E-state index < -0.39 is 6.29 Å². The summed E-state index contributed by atoms with van der Waals surface area (Å²) in [6.45, 7) is 14.0. The number of nitrogens with zero attached hydrogens (tertiary/aromatic N) is 1. The first kappa shape index (κ1) is 21.4. The van der Waals surface area contributed by atoms with Gasteiger partial charge in [0.15, 0.2) is 0 Å². The maximum absolute atomic E-state index is 12.2. The summed E-state index contributed by atoms with van der Waals surface area (Å²) in [5.74, 6) is 1.33. The molecule has 1 aliphatic heterocycles. The average molecular weight is 342 g/mol. The molecule has 142 valence electrons. The van der Waals surface area contributed by atoms with E-state index in [1.54, 1.807) is 0 Å². The molecule has 0 saturated carbocycles. The molecule has 0 bridgehead atoms. The fourth-order valence-corrected chi connectivity index (χ4v) is 4.20. The summed E-state index contributed by atoms with van der Waals surface area (Å²) < 4.78 is 5.33. The zero-order chi connectivity index (χ0) is 18.4. The van der Waals surface area contributed by atoms with Crippen LogP contribution in [0.5, 0.6) is 0 Å². The Labute approximate surface area is 148 Å². The minimum Gasteiger partial charge on any atom is -0.435 e. The number of hydrogen-bond acceptors (Lipinski definition) is 4. The average Bonchev–Trinajstić information content (AvgIpc) is 2.44. The minimum absolute atomic E-state index is 0.0598. The van der Waals surface area contributed by atoms with E-state index in [2.05, 4.69) is 39.6 Å². The molecule has 4 nitrogen and oxygen atoms in total. The molecule has 0 amide bonds.